The van der Waals surface area contributed by atoms with Gasteiger partial charge in [0.1, 0.15) is 0 Å². The van der Waals surface area contributed by atoms with Crippen LogP contribution in [0.25, 0.3) is 0 Å². The largest absolute Gasteiger partial charge is 0.377 e. The van der Waals surface area contributed by atoms with Gasteiger partial charge in [0.2, 0.25) is 0 Å². The molecule has 3 heteroatoms. The van der Waals surface area contributed by atoms with Gasteiger partial charge < -0.3 is 15.4 Å². The van der Waals surface area contributed by atoms with E-state index in [4.69, 9.17) is 10.5 Å². The average Bonchev–Trinajstić information content (AvgIpc) is 2.30. The van der Waals surface area contributed by atoms with E-state index in [0.717, 1.165) is 19.8 Å². The van der Waals surface area contributed by atoms with Gasteiger partial charge >= 0.3 is 0 Å². The quantitative estimate of drug-likeness (QED) is 0.755. The summed E-state index contributed by atoms with van der Waals surface area (Å²) in [6.07, 6.45) is 0. The van der Waals surface area contributed by atoms with Gasteiger partial charge in [-0.25, -0.2) is 0 Å². The Morgan fingerprint density at radius 1 is 1.36 bits per heavy atom. The fourth-order valence-corrected chi connectivity index (χ4v) is 1.81. The Morgan fingerprint density at radius 2 is 2.14 bits per heavy atom. The first kappa shape index (κ1) is 9.49. The molecule has 1 aromatic carbocycles. The smallest absolute Gasteiger partial charge is 0.0683 e. The SMILES string of the molecule is NCC1COCCN1c1ccccc1. The predicted molar refractivity (Wildman–Crippen MR) is 57.4 cm³/mol. The summed E-state index contributed by atoms with van der Waals surface area (Å²) in [5.74, 6) is 0. The molecule has 1 atom stereocenters. The van der Waals surface area contributed by atoms with Gasteiger partial charge in [0.25, 0.3) is 0 Å². The van der Waals surface area contributed by atoms with Gasteiger partial charge in [-0.15, -0.1) is 0 Å². The third kappa shape index (κ3) is 1.89. The molecule has 1 aromatic rings. The highest BCUT2D eigenvalue weighted by molar-refractivity contribution is 5.47. The third-order valence-corrected chi connectivity index (χ3v) is 2.59. The number of ether oxygens (including phenoxy) is 1. The Morgan fingerprint density at radius 3 is 2.86 bits per heavy atom. The van der Waals surface area contributed by atoms with E-state index in [1.165, 1.54) is 5.69 Å². The molecule has 1 aliphatic heterocycles. The highest BCUT2D eigenvalue weighted by Gasteiger charge is 2.21. The molecule has 1 unspecified atom stereocenters. The van der Waals surface area contributed by atoms with E-state index in [2.05, 4.69) is 29.2 Å². The highest BCUT2D eigenvalue weighted by Crippen LogP contribution is 2.18. The van der Waals surface area contributed by atoms with E-state index in [0.29, 0.717) is 12.6 Å². The molecule has 1 saturated heterocycles. The molecule has 0 bridgehead atoms. The highest BCUT2D eigenvalue weighted by atomic mass is 16.5. The van der Waals surface area contributed by atoms with Crippen molar-refractivity contribution in [1.82, 2.24) is 0 Å². The van der Waals surface area contributed by atoms with Crippen LogP contribution in [0.3, 0.4) is 0 Å². The summed E-state index contributed by atoms with van der Waals surface area (Å²) >= 11 is 0. The van der Waals surface area contributed by atoms with Crippen LogP contribution in [0.2, 0.25) is 0 Å². The van der Waals surface area contributed by atoms with Gasteiger partial charge in [0, 0.05) is 18.8 Å². The normalized spacial score (nSPS) is 22.4. The zero-order chi connectivity index (χ0) is 9.80. The Bertz CT molecular complexity index is 276. The van der Waals surface area contributed by atoms with Crippen molar-refractivity contribution in [2.75, 3.05) is 31.2 Å². The van der Waals surface area contributed by atoms with Crippen LogP contribution in [0, 0.1) is 0 Å². The molecule has 3 nitrogen and oxygen atoms in total. The number of rotatable bonds is 2. The van der Waals surface area contributed by atoms with Crippen LogP contribution >= 0.6 is 0 Å². The first-order valence-electron chi connectivity index (χ1n) is 5.01. The van der Waals surface area contributed by atoms with E-state index in [-0.39, 0.29) is 0 Å². The molecule has 0 saturated carbocycles. The van der Waals surface area contributed by atoms with Crippen molar-refractivity contribution in [3.05, 3.63) is 30.3 Å². The maximum absolute atomic E-state index is 5.71. The van der Waals surface area contributed by atoms with Gasteiger partial charge in [-0.05, 0) is 12.1 Å². The molecule has 14 heavy (non-hydrogen) atoms. The van der Waals surface area contributed by atoms with Crippen LogP contribution in [0.4, 0.5) is 5.69 Å². The molecule has 0 spiro atoms. The second-order valence-corrected chi connectivity index (χ2v) is 3.49. The molecule has 2 rings (SSSR count). The summed E-state index contributed by atoms with van der Waals surface area (Å²) in [5, 5.41) is 0. The van der Waals surface area contributed by atoms with Crippen molar-refractivity contribution < 1.29 is 4.74 Å². The van der Waals surface area contributed by atoms with E-state index in [9.17, 15) is 0 Å². The number of hydrogen-bond acceptors (Lipinski definition) is 3. The second-order valence-electron chi connectivity index (χ2n) is 3.49. The van der Waals surface area contributed by atoms with Crippen LogP contribution in [-0.4, -0.2) is 32.3 Å². The van der Waals surface area contributed by atoms with Gasteiger partial charge in [-0.1, -0.05) is 18.2 Å². The topological polar surface area (TPSA) is 38.5 Å². The van der Waals surface area contributed by atoms with Crippen LogP contribution in [-0.2, 0) is 4.74 Å². The number of nitrogens with two attached hydrogens (primary N) is 1. The lowest BCUT2D eigenvalue weighted by Crippen LogP contribution is -2.49. The molecule has 76 valence electrons. The maximum Gasteiger partial charge on any atom is 0.0683 e. The second kappa shape index (κ2) is 4.44. The lowest BCUT2D eigenvalue weighted by atomic mass is 10.2. The minimum absolute atomic E-state index is 0.325. The van der Waals surface area contributed by atoms with Gasteiger partial charge in [0.15, 0.2) is 0 Å². The van der Waals surface area contributed by atoms with Crippen molar-refractivity contribution in [1.29, 1.82) is 0 Å². The summed E-state index contributed by atoms with van der Waals surface area (Å²) in [6, 6.07) is 10.7. The first-order valence-corrected chi connectivity index (χ1v) is 5.01. The van der Waals surface area contributed by atoms with Crippen LogP contribution in [0.1, 0.15) is 0 Å². The molecule has 1 heterocycles. The molecule has 1 aliphatic rings. The monoisotopic (exact) mass is 192 g/mol. The van der Waals surface area contributed by atoms with Crippen LogP contribution in [0.5, 0.6) is 0 Å². The Balaban J connectivity index is 2.15. The van der Waals surface area contributed by atoms with Crippen molar-refractivity contribution in [2.45, 2.75) is 6.04 Å². The molecular weight excluding hydrogens is 176 g/mol. The predicted octanol–water partition coefficient (Wildman–Crippen LogP) is 0.850. The Kier molecular flexibility index (Phi) is 3.01. The van der Waals surface area contributed by atoms with Crippen LogP contribution < -0.4 is 10.6 Å². The summed E-state index contributed by atoms with van der Waals surface area (Å²) in [6.45, 7) is 3.12. The number of benzene rings is 1. The fourth-order valence-electron chi connectivity index (χ4n) is 1.81. The minimum atomic E-state index is 0.325. The van der Waals surface area contributed by atoms with E-state index < -0.39 is 0 Å². The number of hydrogen-bond donors (Lipinski definition) is 1. The average molecular weight is 192 g/mol. The number of anilines is 1. The zero-order valence-corrected chi connectivity index (χ0v) is 8.23. The minimum Gasteiger partial charge on any atom is -0.377 e. The lowest BCUT2D eigenvalue weighted by Gasteiger charge is -2.36. The molecule has 2 N–H and O–H groups in total. The number of nitrogens with zero attached hydrogens (tertiary/aromatic N) is 1. The van der Waals surface area contributed by atoms with Gasteiger partial charge in [-0.2, -0.15) is 0 Å². The molecule has 0 aliphatic carbocycles. The number of para-hydroxylation sites is 1. The number of morpholine rings is 1. The van der Waals surface area contributed by atoms with Gasteiger partial charge in [0.05, 0.1) is 19.3 Å². The Labute approximate surface area is 84.5 Å². The van der Waals surface area contributed by atoms with Crippen molar-refractivity contribution in [2.24, 2.45) is 5.73 Å². The summed E-state index contributed by atoms with van der Waals surface area (Å²) < 4.78 is 5.40. The van der Waals surface area contributed by atoms with Gasteiger partial charge in [-0.3, -0.25) is 0 Å². The first-order chi connectivity index (χ1) is 6.92. The summed E-state index contributed by atoms with van der Waals surface area (Å²) in [4.78, 5) is 2.32. The third-order valence-electron chi connectivity index (χ3n) is 2.59. The standard InChI is InChI=1S/C11H16N2O/c12-8-11-9-14-7-6-13(11)10-4-2-1-3-5-10/h1-5,11H,6-9,12H2. The zero-order valence-electron chi connectivity index (χ0n) is 8.23. The summed E-state index contributed by atoms with van der Waals surface area (Å²) in [5.41, 5.74) is 6.95. The molecule has 1 fully saturated rings. The Hall–Kier alpha value is -1.06. The van der Waals surface area contributed by atoms with E-state index in [1.54, 1.807) is 0 Å². The molecular formula is C11H16N2O. The van der Waals surface area contributed by atoms with Crippen molar-refractivity contribution >= 4 is 5.69 Å². The fraction of sp³-hybridized carbons (Fsp3) is 0.455. The lowest BCUT2D eigenvalue weighted by molar-refractivity contribution is 0.0963. The van der Waals surface area contributed by atoms with E-state index in [1.807, 2.05) is 6.07 Å². The summed E-state index contributed by atoms with van der Waals surface area (Å²) in [7, 11) is 0. The molecule has 0 radical (unpaired) electrons. The van der Waals surface area contributed by atoms with Crippen molar-refractivity contribution in [3.8, 4) is 0 Å². The van der Waals surface area contributed by atoms with E-state index >= 15 is 0 Å². The molecule has 0 aromatic heterocycles. The van der Waals surface area contributed by atoms with Crippen LogP contribution in [0.15, 0.2) is 30.3 Å². The van der Waals surface area contributed by atoms with Crippen molar-refractivity contribution in [3.63, 3.8) is 0 Å². The molecule has 0 amide bonds. The maximum atomic E-state index is 5.71.